The molecular weight excluding hydrogens is 327 g/mol. The molecule has 1 atom stereocenters. The van der Waals surface area contributed by atoms with Gasteiger partial charge in [0.1, 0.15) is 5.82 Å². The number of hydrogen-bond donors (Lipinski definition) is 0. The first-order chi connectivity index (χ1) is 12.7. The smallest absolute Gasteiger partial charge is 0.227 e. The van der Waals surface area contributed by atoms with Crippen LogP contribution in [0.1, 0.15) is 18.4 Å². The van der Waals surface area contributed by atoms with Crippen molar-refractivity contribution in [3.8, 4) is 0 Å². The summed E-state index contributed by atoms with van der Waals surface area (Å²) in [6.07, 6.45) is 3.83. The average molecular weight is 350 g/mol. The molecule has 1 fully saturated rings. The van der Waals surface area contributed by atoms with Gasteiger partial charge in [0.2, 0.25) is 5.91 Å². The van der Waals surface area contributed by atoms with E-state index in [-0.39, 0.29) is 11.7 Å². The van der Waals surface area contributed by atoms with E-state index in [0.29, 0.717) is 12.3 Å². The first-order valence-electron chi connectivity index (χ1n) is 9.22. The predicted octanol–water partition coefficient (Wildman–Crippen LogP) is 3.97. The molecule has 4 rings (SSSR count). The van der Waals surface area contributed by atoms with Crippen LogP contribution in [0.15, 0.2) is 60.7 Å². The fraction of sp³-hybridized carbons (Fsp3) is 0.318. The zero-order chi connectivity index (χ0) is 17.9. The number of rotatable bonds is 4. The summed E-state index contributed by atoms with van der Waals surface area (Å²) in [5, 5.41) is 0. The van der Waals surface area contributed by atoms with E-state index >= 15 is 0 Å². The summed E-state index contributed by atoms with van der Waals surface area (Å²) < 4.78 is 13.1. The standard InChI is InChI=1S/C22H23FN2O/c23-20-8-6-18(7-9-20)19-10-12-24(13-11-19)15-17-14-22(26)25(16-17)21-4-2-1-3-5-21/h1-10,17H,11-16H2/t17-/m1/s1. The minimum atomic E-state index is -0.194. The summed E-state index contributed by atoms with van der Waals surface area (Å²) in [5.41, 5.74) is 3.39. The highest BCUT2D eigenvalue weighted by Gasteiger charge is 2.31. The second-order valence-electron chi connectivity index (χ2n) is 7.16. The summed E-state index contributed by atoms with van der Waals surface area (Å²) in [6, 6.07) is 16.7. The summed E-state index contributed by atoms with van der Waals surface area (Å²) in [6.45, 7) is 3.62. The number of amides is 1. The van der Waals surface area contributed by atoms with Crippen LogP contribution < -0.4 is 4.90 Å². The molecule has 0 saturated carbocycles. The van der Waals surface area contributed by atoms with E-state index in [0.717, 1.165) is 43.9 Å². The number of benzene rings is 2. The number of hydrogen-bond acceptors (Lipinski definition) is 2. The fourth-order valence-corrected chi connectivity index (χ4v) is 3.93. The average Bonchev–Trinajstić information content (AvgIpc) is 3.04. The number of nitrogens with zero attached hydrogens (tertiary/aromatic N) is 2. The molecule has 2 heterocycles. The molecule has 1 amide bonds. The van der Waals surface area contributed by atoms with Gasteiger partial charge < -0.3 is 4.90 Å². The van der Waals surface area contributed by atoms with E-state index < -0.39 is 0 Å². The predicted molar refractivity (Wildman–Crippen MR) is 102 cm³/mol. The lowest BCUT2D eigenvalue weighted by Gasteiger charge is -2.28. The van der Waals surface area contributed by atoms with Crippen LogP contribution in [0, 0.1) is 11.7 Å². The van der Waals surface area contributed by atoms with E-state index in [4.69, 9.17) is 0 Å². The number of carbonyl (C=O) groups excluding carboxylic acids is 1. The lowest BCUT2D eigenvalue weighted by atomic mass is 9.98. The molecule has 2 aromatic rings. The monoisotopic (exact) mass is 350 g/mol. The highest BCUT2D eigenvalue weighted by molar-refractivity contribution is 5.95. The molecule has 0 aromatic heterocycles. The Labute approximate surface area is 153 Å². The van der Waals surface area contributed by atoms with Gasteiger partial charge in [-0.25, -0.2) is 4.39 Å². The Morgan fingerprint density at radius 1 is 1.04 bits per heavy atom. The Balaban J connectivity index is 1.35. The maximum atomic E-state index is 13.1. The number of carbonyl (C=O) groups is 1. The van der Waals surface area contributed by atoms with Crippen LogP contribution in [0.2, 0.25) is 0 Å². The molecule has 2 aliphatic rings. The third-order valence-corrected chi connectivity index (χ3v) is 5.30. The summed E-state index contributed by atoms with van der Waals surface area (Å²) in [5.74, 6) is 0.407. The molecule has 0 spiro atoms. The molecule has 134 valence electrons. The summed E-state index contributed by atoms with van der Waals surface area (Å²) in [7, 11) is 0. The molecule has 2 aliphatic heterocycles. The van der Waals surface area contributed by atoms with Crippen molar-refractivity contribution in [1.29, 1.82) is 0 Å². The molecule has 0 unspecified atom stereocenters. The second-order valence-corrected chi connectivity index (χ2v) is 7.16. The Kier molecular flexibility index (Phi) is 4.85. The van der Waals surface area contributed by atoms with Crippen molar-refractivity contribution < 1.29 is 9.18 Å². The molecule has 26 heavy (non-hydrogen) atoms. The van der Waals surface area contributed by atoms with Crippen molar-refractivity contribution in [2.24, 2.45) is 5.92 Å². The van der Waals surface area contributed by atoms with Gasteiger partial charge in [-0.05, 0) is 47.7 Å². The Hall–Kier alpha value is -2.46. The first kappa shape index (κ1) is 17.0. The normalized spacial score (nSPS) is 21.1. The zero-order valence-electron chi connectivity index (χ0n) is 14.8. The van der Waals surface area contributed by atoms with Crippen molar-refractivity contribution in [2.45, 2.75) is 12.8 Å². The van der Waals surface area contributed by atoms with Crippen LogP contribution in [0.3, 0.4) is 0 Å². The van der Waals surface area contributed by atoms with Gasteiger partial charge in [-0.15, -0.1) is 0 Å². The quantitative estimate of drug-likeness (QED) is 0.833. The maximum Gasteiger partial charge on any atom is 0.227 e. The van der Waals surface area contributed by atoms with Crippen LogP contribution in [0.25, 0.3) is 5.57 Å². The van der Waals surface area contributed by atoms with Crippen molar-refractivity contribution in [1.82, 2.24) is 4.90 Å². The molecule has 4 heteroatoms. The Bertz CT molecular complexity index is 801. The Morgan fingerprint density at radius 2 is 1.81 bits per heavy atom. The van der Waals surface area contributed by atoms with Gasteiger partial charge in [-0.1, -0.05) is 36.4 Å². The van der Waals surface area contributed by atoms with Gasteiger partial charge in [0, 0.05) is 38.3 Å². The number of para-hydroxylation sites is 1. The zero-order valence-corrected chi connectivity index (χ0v) is 14.8. The van der Waals surface area contributed by atoms with Gasteiger partial charge in [0.05, 0.1) is 0 Å². The topological polar surface area (TPSA) is 23.6 Å². The lowest BCUT2D eigenvalue weighted by Crippen LogP contribution is -2.34. The van der Waals surface area contributed by atoms with Crippen LogP contribution in [-0.4, -0.2) is 37.0 Å². The van der Waals surface area contributed by atoms with Gasteiger partial charge in [0.15, 0.2) is 0 Å². The van der Waals surface area contributed by atoms with Gasteiger partial charge in [0.25, 0.3) is 0 Å². The van der Waals surface area contributed by atoms with Crippen molar-refractivity contribution >= 4 is 17.2 Å². The minimum Gasteiger partial charge on any atom is -0.312 e. The molecule has 3 nitrogen and oxygen atoms in total. The molecule has 0 N–H and O–H groups in total. The van der Waals surface area contributed by atoms with Gasteiger partial charge in [-0.3, -0.25) is 9.69 Å². The number of anilines is 1. The minimum absolute atomic E-state index is 0.194. The largest absolute Gasteiger partial charge is 0.312 e. The summed E-state index contributed by atoms with van der Waals surface area (Å²) in [4.78, 5) is 16.7. The van der Waals surface area contributed by atoms with E-state index in [1.165, 1.54) is 17.7 Å². The maximum absolute atomic E-state index is 13.1. The van der Waals surface area contributed by atoms with E-state index in [1.54, 1.807) is 0 Å². The molecule has 0 radical (unpaired) electrons. The summed E-state index contributed by atoms with van der Waals surface area (Å²) >= 11 is 0. The lowest BCUT2D eigenvalue weighted by molar-refractivity contribution is -0.117. The molecule has 1 saturated heterocycles. The van der Waals surface area contributed by atoms with Crippen LogP contribution in [0.5, 0.6) is 0 Å². The van der Waals surface area contributed by atoms with Crippen LogP contribution in [0.4, 0.5) is 10.1 Å². The highest BCUT2D eigenvalue weighted by atomic mass is 19.1. The molecule has 2 aromatic carbocycles. The fourth-order valence-electron chi connectivity index (χ4n) is 3.93. The van der Waals surface area contributed by atoms with Gasteiger partial charge >= 0.3 is 0 Å². The second kappa shape index (κ2) is 7.42. The van der Waals surface area contributed by atoms with E-state index in [9.17, 15) is 9.18 Å². The van der Waals surface area contributed by atoms with E-state index in [1.807, 2.05) is 47.4 Å². The SMILES string of the molecule is O=C1C[C@H](CN2CC=C(c3ccc(F)cc3)CC2)CN1c1ccccc1. The number of halogens is 1. The third-order valence-electron chi connectivity index (χ3n) is 5.30. The molecule has 0 bridgehead atoms. The Morgan fingerprint density at radius 3 is 2.50 bits per heavy atom. The first-order valence-corrected chi connectivity index (χ1v) is 9.22. The van der Waals surface area contributed by atoms with Gasteiger partial charge in [-0.2, -0.15) is 0 Å². The third kappa shape index (κ3) is 3.70. The molecule has 0 aliphatic carbocycles. The van der Waals surface area contributed by atoms with Crippen molar-refractivity contribution in [3.05, 3.63) is 72.1 Å². The van der Waals surface area contributed by atoms with Crippen LogP contribution >= 0.6 is 0 Å². The highest BCUT2D eigenvalue weighted by Crippen LogP contribution is 2.27. The van der Waals surface area contributed by atoms with Crippen molar-refractivity contribution in [3.63, 3.8) is 0 Å². The molecular formula is C22H23FN2O. The van der Waals surface area contributed by atoms with E-state index in [2.05, 4.69) is 11.0 Å². The van der Waals surface area contributed by atoms with Crippen LogP contribution in [-0.2, 0) is 4.79 Å². The van der Waals surface area contributed by atoms with Crippen molar-refractivity contribution in [2.75, 3.05) is 31.1 Å².